The van der Waals surface area contributed by atoms with Crippen molar-refractivity contribution in [1.82, 2.24) is 0 Å². The van der Waals surface area contributed by atoms with Crippen LogP contribution in [0.1, 0.15) is 25.5 Å². The van der Waals surface area contributed by atoms with E-state index in [4.69, 9.17) is 0 Å². The second-order valence-electron chi connectivity index (χ2n) is 4.57. The van der Waals surface area contributed by atoms with E-state index in [0.717, 1.165) is 0 Å². The largest absolute Gasteiger partial charge is 0.389 e. The van der Waals surface area contributed by atoms with Gasteiger partial charge in [0, 0.05) is 23.5 Å². The molecule has 0 aliphatic rings. The SMILES string of the molecule is CCN(c1cccc(F)c1)c1cccc(F)c1[C@H](C)O. The molecule has 20 heavy (non-hydrogen) atoms. The Balaban J connectivity index is 2.55. The summed E-state index contributed by atoms with van der Waals surface area (Å²) in [6.45, 7) is 3.94. The van der Waals surface area contributed by atoms with Crippen molar-refractivity contribution in [1.29, 1.82) is 0 Å². The lowest BCUT2D eigenvalue weighted by molar-refractivity contribution is 0.194. The quantitative estimate of drug-likeness (QED) is 0.906. The number of hydrogen-bond donors (Lipinski definition) is 1. The summed E-state index contributed by atoms with van der Waals surface area (Å²) in [5.74, 6) is -0.816. The Kier molecular flexibility index (Phi) is 4.35. The summed E-state index contributed by atoms with van der Waals surface area (Å²) in [5.41, 5.74) is 1.40. The second-order valence-corrected chi connectivity index (χ2v) is 4.57. The first-order valence-corrected chi connectivity index (χ1v) is 6.54. The molecule has 2 nitrogen and oxygen atoms in total. The minimum Gasteiger partial charge on any atom is -0.389 e. The lowest BCUT2D eigenvalue weighted by Crippen LogP contribution is -2.19. The summed E-state index contributed by atoms with van der Waals surface area (Å²) >= 11 is 0. The number of halogens is 2. The Morgan fingerprint density at radius 2 is 1.85 bits per heavy atom. The molecule has 0 heterocycles. The molecule has 0 saturated carbocycles. The third kappa shape index (κ3) is 2.80. The number of aliphatic hydroxyl groups excluding tert-OH is 1. The molecule has 1 atom stereocenters. The molecule has 2 rings (SSSR count). The Hall–Kier alpha value is -1.94. The normalized spacial score (nSPS) is 12.2. The third-order valence-electron chi connectivity index (χ3n) is 3.17. The highest BCUT2D eigenvalue weighted by atomic mass is 19.1. The third-order valence-corrected chi connectivity index (χ3v) is 3.17. The van der Waals surface area contributed by atoms with Gasteiger partial charge in [0.2, 0.25) is 0 Å². The fourth-order valence-corrected chi connectivity index (χ4v) is 2.31. The van der Waals surface area contributed by atoms with Crippen molar-refractivity contribution in [3.63, 3.8) is 0 Å². The van der Waals surface area contributed by atoms with Crippen LogP contribution in [0.25, 0.3) is 0 Å². The molecule has 0 aromatic heterocycles. The minimum atomic E-state index is -0.936. The molecule has 0 aliphatic heterocycles. The molecule has 1 N–H and O–H groups in total. The first-order valence-electron chi connectivity index (χ1n) is 6.54. The molecule has 2 aromatic carbocycles. The lowest BCUT2D eigenvalue weighted by atomic mass is 10.1. The fraction of sp³-hybridized carbons (Fsp3) is 0.250. The molecule has 0 spiro atoms. The van der Waals surface area contributed by atoms with Crippen LogP contribution in [0.4, 0.5) is 20.2 Å². The maximum atomic E-state index is 13.9. The van der Waals surface area contributed by atoms with Crippen LogP contribution in [0, 0.1) is 11.6 Å². The van der Waals surface area contributed by atoms with Crippen LogP contribution in [0.5, 0.6) is 0 Å². The summed E-state index contributed by atoms with van der Waals surface area (Å²) in [6.07, 6.45) is -0.936. The zero-order valence-electron chi connectivity index (χ0n) is 11.5. The Morgan fingerprint density at radius 3 is 2.45 bits per heavy atom. The van der Waals surface area contributed by atoms with Crippen molar-refractivity contribution in [3.05, 3.63) is 59.7 Å². The van der Waals surface area contributed by atoms with Gasteiger partial charge in [-0.3, -0.25) is 0 Å². The molecule has 0 radical (unpaired) electrons. The van der Waals surface area contributed by atoms with E-state index in [1.54, 1.807) is 29.2 Å². The summed E-state index contributed by atoms with van der Waals surface area (Å²) in [6, 6.07) is 10.7. The minimum absolute atomic E-state index is 0.221. The highest BCUT2D eigenvalue weighted by molar-refractivity contribution is 5.67. The summed E-state index contributed by atoms with van der Waals surface area (Å²) < 4.78 is 27.3. The number of hydrogen-bond acceptors (Lipinski definition) is 2. The zero-order chi connectivity index (χ0) is 14.7. The maximum absolute atomic E-state index is 13.9. The van der Waals surface area contributed by atoms with Gasteiger partial charge < -0.3 is 10.0 Å². The smallest absolute Gasteiger partial charge is 0.131 e. The Labute approximate surface area is 117 Å². The van der Waals surface area contributed by atoms with Gasteiger partial charge in [-0.1, -0.05) is 12.1 Å². The number of aliphatic hydroxyl groups is 1. The molecule has 4 heteroatoms. The van der Waals surface area contributed by atoms with E-state index in [0.29, 0.717) is 17.9 Å². The fourth-order valence-electron chi connectivity index (χ4n) is 2.31. The van der Waals surface area contributed by atoms with Crippen molar-refractivity contribution < 1.29 is 13.9 Å². The topological polar surface area (TPSA) is 23.5 Å². The number of nitrogens with zero attached hydrogens (tertiary/aromatic N) is 1. The van der Waals surface area contributed by atoms with Crippen LogP contribution in [0.3, 0.4) is 0 Å². The number of benzene rings is 2. The number of rotatable bonds is 4. The van der Waals surface area contributed by atoms with Crippen molar-refractivity contribution in [2.75, 3.05) is 11.4 Å². The van der Waals surface area contributed by atoms with Crippen LogP contribution in [0.15, 0.2) is 42.5 Å². The van der Waals surface area contributed by atoms with Gasteiger partial charge in [-0.05, 0) is 44.2 Å². The highest BCUT2D eigenvalue weighted by Crippen LogP contribution is 2.33. The van der Waals surface area contributed by atoms with E-state index in [-0.39, 0.29) is 11.4 Å². The average Bonchev–Trinajstić information content (AvgIpc) is 2.39. The van der Waals surface area contributed by atoms with Crippen LogP contribution >= 0.6 is 0 Å². The lowest BCUT2D eigenvalue weighted by Gasteiger charge is -2.27. The first-order chi connectivity index (χ1) is 9.54. The van der Waals surface area contributed by atoms with Gasteiger partial charge in [-0.2, -0.15) is 0 Å². The number of anilines is 2. The van der Waals surface area contributed by atoms with E-state index in [2.05, 4.69) is 0 Å². The van der Waals surface area contributed by atoms with Crippen molar-refractivity contribution in [3.8, 4) is 0 Å². The second kappa shape index (κ2) is 6.01. The van der Waals surface area contributed by atoms with E-state index in [1.165, 1.54) is 25.1 Å². The molecule has 0 saturated heterocycles. The van der Waals surface area contributed by atoms with E-state index < -0.39 is 11.9 Å². The van der Waals surface area contributed by atoms with Gasteiger partial charge in [-0.25, -0.2) is 8.78 Å². The molecule has 0 fully saturated rings. The molecule has 2 aromatic rings. The molecular formula is C16H17F2NO. The molecule has 106 valence electrons. The summed E-state index contributed by atoms with van der Waals surface area (Å²) in [5, 5.41) is 9.79. The summed E-state index contributed by atoms with van der Waals surface area (Å²) in [4.78, 5) is 1.77. The van der Waals surface area contributed by atoms with E-state index in [9.17, 15) is 13.9 Å². The Bertz CT molecular complexity index is 599. The molecule has 0 unspecified atom stereocenters. The highest BCUT2D eigenvalue weighted by Gasteiger charge is 2.18. The van der Waals surface area contributed by atoms with Crippen molar-refractivity contribution >= 4 is 11.4 Å². The zero-order valence-corrected chi connectivity index (χ0v) is 11.5. The van der Waals surface area contributed by atoms with Gasteiger partial charge in [0.25, 0.3) is 0 Å². The van der Waals surface area contributed by atoms with Crippen molar-refractivity contribution in [2.24, 2.45) is 0 Å². The monoisotopic (exact) mass is 277 g/mol. The van der Waals surface area contributed by atoms with Crippen molar-refractivity contribution in [2.45, 2.75) is 20.0 Å². The van der Waals surface area contributed by atoms with Crippen LogP contribution in [-0.2, 0) is 0 Å². The van der Waals surface area contributed by atoms with Crippen LogP contribution in [-0.4, -0.2) is 11.7 Å². The molecule has 0 bridgehead atoms. The molecular weight excluding hydrogens is 260 g/mol. The van der Waals surface area contributed by atoms with Crippen LogP contribution in [0.2, 0.25) is 0 Å². The van der Waals surface area contributed by atoms with Gasteiger partial charge in [0.1, 0.15) is 11.6 Å². The standard InChI is InChI=1S/C16H17F2NO/c1-3-19(13-7-4-6-12(17)10-13)15-9-5-8-14(18)16(15)11(2)20/h4-11,20H,3H2,1-2H3/t11-/m0/s1. The maximum Gasteiger partial charge on any atom is 0.131 e. The van der Waals surface area contributed by atoms with Gasteiger partial charge in [-0.15, -0.1) is 0 Å². The predicted molar refractivity (Wildman–Crippen MR) is 76.1 cm³/mol. The summed E-state index contributed by atoms with van der Waals surface area (Å²) in [7, 11) is 0. The van der Waals surface area contributed by atoms with Gasteiger partial charge in [0.15, 0.2) is 0 Å². The van der Waals surface area contributed by atoms with Crippen LogP contribution < -0.4 is 4.90 Å². The molecule has 0 aliphatic carbocycles. The molecule has 0 amide bonds. The van der Waals surface area contributed by atoms with E-state index >= 15 is 0 Å². The first kappa shape index (κ1) is 14.5. The van der Waals surface area contributed by atoms with Gasteiger partial charge in [0.05, 0.1) is 6.10 Å². The predicted octanol–water partition coefficient (Wildman–Crippen LogP) is 4.18. The Morgan fingerprint density at radius 1 is 1.15 bits per heavy atom. The van der Waals surface area contributed by atoms with E-state index in [1.807, 2.05) is 6.92 Å². The van der Waals surface area contributed by atoms with Gasteiger partial charge >= 0.3 is 0 Å². The average molecular weight is 277 g/mol.